The van der Waals surface area contributed by atoms with Crippen LogP contribution < -0.4 is 0 Å². The van der Waals surface area contributed by atoms with Crippen LogP contribution in [-0.4, -0.2) is 22.8 Å². The topological polar surface area (TPSA) is 53.2 Å². The first-order valence-electron chi connectivity index (χ1n) is 9.10. The van der Waals surface area contributed by atoms with Crippen molar-refractivity contribution in [2.24, 2.45) is 4.99 Å². The number of unbranched alkanes of at least 4 members (excludes halogenated alkanes) is 3. The maximum Gasteiger partial charge on any atom is 0.146 e. The van der Waals surface area contributed by atoms with Gasteiger partial charge in [0, 0.05) is 23.7 Å². The molecule has 3 heterocycles. The summed E-state index contributed by atoms with van der Waals surface area (Å²) in [5, 5.41) is 0. The van der Waals surface area contributed by atoms with Gasteiger partial charge in [-0.25, -0.2) is 4.99 Å². The Morgan fingerprint density at radius 1 is 1.24 bits per heavy atom. The molecule has 0 atom stereocenters. The lowest BCUT2D eigenvalue weighted by Crippen LogP contribution is -1.93. The zero-order valence-corrected chi connectivity index (χ0v) is 15.4. The van der Waals surface area contributed by atoms with Gasteiger partial charge in [0.1, 0.15) is 11.5 Å². The third-order valence-electron chi connectivity index (χ3n) is 4.55. The zero-order valence-electron chi connectivity index (χ0n) is 15.4. The van der Waals surface area contributed by atoms with Gasteiger partial charge in [0.15, 0.2) is 0 Å². The van der Waals surface area contributed by atoms with E-state index in [4.69, 9.17) is 9.73 Å². The first kappa shape index (κ1) is 17.3. The molecule has 25 heavy (non-hydrogen) atoms. The summed E-state index contributed by atoms with van der Waals surface area (Å²) in [5.41, 5.74) is 6.41. The van der Waals surface area contributed by atoms with Crippen molar-refractivity contribution in [3.63, 3.8) is 0 Å². The lowest BCUT2D eigenvalue weighted by molar-refractivity contribution is 0.303. The number of aromatic amines is 2. The number of methoxy groups -OCH3 is 1. The summed E-state index contributed by atoms with van der Waals surface area (Å²) in [7, 11) is 1.69. The van der Waals surface area contributed by atoms with Crippen LogP contribution in [0, 0.1) is 6.92 Å². The number of ether oxygens (including phenoxy) is 1. The average Bonchev–Trinajstić information content (AvgIpc) is 3.32. The summed E-state index contributed by atoms with van der Waals surface area (Å²) in [6, 6.07) is 6.23. The molecule has 0 saturated carbocycles. The molecule has 2 aromatic rings. The SMILES string of the molecule is CCCCCCc1cc(C)c(C=C2N=C(c3ccc[nH]3)C=C2OC)[nH]1. The first-order valence-corrected chi connectivity index (χ1v) is 9.10. The van der Waals surface area contributed by atoms with E-state index < -0.39 is 0 Å². The lowest BCUT2D eigenvalue weighted by Gasteiger charge is -2.01. The molecule has 0 amide bonds. The van der Waals surface area contributed by atoms with E-state index in [-0.39, 0.29) is 0 Å². The molecule has 0 bridgehead atoms. The Balaban J connectivity index is 1.78. The maximum atomic E-state index is 5.51. The third kappa shape index (κ3) is 4.13. The van der Waals surface area contributed by atoms with Gasteiger partial charge in [0.05, 0.1) is 18.5 Å². The van der Waals surface area contributed by atoms with Crippen LogP contribution in [0.3, 0.4) is 0 Å². The van der Waals surface area contributed by atoms with Crippen molar-refractivity contribution < 1.29 is 4.74 Å². The Morgan fingerprint density at radius 3 is 2.84 bits per heavy atom. The second-order valence-electron chi connectivity index (χ2n) is 6.53. The van der Waals surface area contributed by atoms with Crippen molar-refractivity contribution in [3.05, 3.63) is 64.6 Å². The third-order valence-corrected chi connectivity index (χ3v) is 4.55. The van der Waals surface area contributed by atoms with Crippen LogP contribution in [-0.2, 0) is 11.2 Å². The molecular formula is C21H27N3O. The summed E-state index contributed by atoms with van der Waals surface area (Å²) in [6.45, 7) is 4.38. The standard InChI is InChI=1S/C21H27N3O/c1-4-5-6-7-9-16-12-15(2)18(23-16)13-20-21(25-3)14-19(24-20)17-10-8-11-22-17/h8,10-14,22-23H,4-7,9H2,1-3H3. The minimum Gasteiger partial charge on any atom is -0.494 e. The van der Waals surface area contributed by atoms with Crippen molar-refractivity contribution in [3.8, 4) is 0 Å². The van der Waals surface area contributed by atoms with Crippen molar-refractivity contribution in [1.82, 2.24) is 9.97 Å². The van der Waals surface area contributed by atoms with E-state index in [0.717, 1.165) is 35.0 Å². The number of nitrogens with zero attached hydrogens (tertiary/aromatic N) is 1. The first-order chi connectivity index (χ1) is 12.2. The van der Waals surface area contributed by atoms with E-state index in [1.807, 2.05) is 24.4 Å². The number of hydrogen-bond acceptors (Lipinski definition) is 2. The molecule has 132 valence electrons. The van der Waals surface area contributed by atoms with Gasteiger partial charge in [-0.15, -0.1) is 0 Å². The van der Waals surface area contributed by atoms with E-state index in [9.17, 15) is 0 Å². The van der Waals surface area contributed by atoms with Crippen LogP contribution in [0.4, 0.5) is 0 Å². The van der Waals surface area contributed by atoms with Crippen LogP contribution in [0.15, 0.2) is 46.9 Å². The summed E-state index contributed by atoms with van der Waals surface area (Å²) < 4.78 is 5.51. The normalized spacial score (nSPS) is 15.6. The molecule has 2 N–H and O–H groups in total. The average molecular weight is 337 g/mol. The van der Waals surface area contributed by atoms with Crippen LogP contribution >= 0.6 is 0 Å². The largest absolute Gasteiger partial charge is 0.494 e. The van der Waals surface area contributed by atoms with Gasteiger partial charge in [-0.05, 0) is 49.6 Å². The fourth-order valence-corrected chi connectivity index (χ4v) is 3.12. The molecule has 1 aliphatic heterocycles. The lowest BCUT2D eigenvalue weighted by atomic mass is 10.1. The molecule has 0 fully saturated rings. The number of nitrogens with one attached hydrogen (secondary N) is 2. The molecule has 2 aromatic heterocycles. The Bertz CT molecular complexity index is 791. The Morgan fingerprint density at radius 2 is 2.12 bits per heavy atom. The molecule has 0 spiro atoms. The van der Waals surface area contributed by atoms with Crippen molar-refractivity contribution in [2.45, 2.75) is 46.0 Å². The molecule has 0 aliphatic carbocycles. The molecule has 0 unspecified atom stereocenters. The summed E-state index contributed by atoms with van der Waals surface area (Å²) in [4.78, 5) is 11.5. The number of aryl methyl sites for hydroxylation is 2. The van der Waals surface area contributed by atoms with Crippen LogP contribution in [0.25, 0.3) is 6.08 Å². The molecular weight excluding hydrogens is 310 g/mol. The van der Waals surface area contributed by atoms with Gasteiger partial charge in [-0.2, -0.15) is 0 Å². The monoisotopic (exact) mass is 337 g/mol. The number of rotatable bonds is 8. The Labute approximate surface area is 149 Å². The van der Waals surface area contributed by atoms with E-state index in [1.165, 1.54) is 36.9 Å². The highest BCUT2D eigenvalue weighted by Crippen LogP contribution is 2.26. The number of aromatic nitrogens is 2. The summed E-state index contributed by atoms with van der Waals surface area (Å²) in [6.07, 6.45) is 12.2. The van der Waals surface area contributed by atoms with Crippen LogP contribution in [0.5, 0.6) is 0 Å². The summed E-state index contributed by atoms with van der Waals surface area (Å²) in [5.74, 6) is 0.795. The van der Waals surface area contributed by atoms with Crippen molar-refractivity contribution in [2.75, 3.05) is 7.11 Å². The van der Waals surface area contributed by atoms with Crippen LogP contribution in [0.1, 0.15) is 55.3 Å². The smallest absolute Gasteiger partial charge is 0.146 e. The molecule has 0 aromatic carbocycles. The highest BCUT2D eigenvalue weighted by Gasteiger charge is 2.17. The van der Waals surface area contributed by atoms with E-state index in [0.29, 0.717) is 0 Å². The molecule has 3 rings (SSSR count). The van der Waals surface area contributed by atoms with Crippen molar-refractivity contribution >= 4 is 11.8 Å². The van der Waals surface area contributed by atoms with Gasteiger partial charge in [-0.1, -0.05) is 26.2 Å². The fraction of sp³-hybridized carbons (Fsp3) is 0.381. The minimum atomic E-state index is 0.795. The highest BCUT2D eigenvalue weighted by atomic mass is 16.5. The number of H-pyrrole nitrogens is 2. The number of aliphatic imine (C=N–C) groups is 1. The fourth-order valence-electron chi connectivity index (χ4n) is 3.12. The predicted octanol–water partition coefficient (Wildman–Crippen LogP) is 5.15. The molecule has 0 saturated heterocycles. The van der Waals surface area contributed by atoms with Gasteiger partial charge in [0.2, 0.25) is 0 Å². The minimum absolute atomic E-state index is 0.795. The van der Waals surface area contributed by atoms with Gasteiger partial charge in [-0.3, -0.25) is 0 Å². The number of hydrogen-bond donors (Lipinski definition) is 2. The second-order valence-corrected chi connectivity index (χ2v) is 6.53. The van der Waals surface area contributed by atoms with E-state index in [1.54, 1.807) is 7.11 Å². The number of allylic oxidation sites excluding steroid dienone is 1. The zero-order chi connectivity index (χ0) is 17.6. The maximum absolute atomic E-state index is 5.51. The molecule has 1 aliphatic rings. The van der Waals surface area contributed by atoms with Gasteiger partial charge < -0.3 is 14.7 Å². The molecule has 0 radical (unpaired) electrons. The molecule has 4 heteroatoms. The van der Waals surface area contributed by atoms with Gasteiger partial charge in [0.25, 0.3) is 0 Å². The van der Waals surface area contributed by atoms with Crippen molar-refractivity contribution in [1.29, 1.82) is 0 Å². The van der Waals surface area contributed by atoms with Crippen LogP contribution in [0.2, 0.25) is 0 Å². The van der Waals surface area contributed by atoms with E-state index >= 15 is 0 Å². The Hall–Kier alpha value is -2.49. The predicted molar refractivity (Wildman–Crippen MR) is 104 cm³/mol. The Kier molecular flexibility index (Phi) is 5.59. The van der Waals surface area contributed by atoms with E-state index in [2.05, 4.69) is 36.0 Å². The quantitative estimate of drug-likeness (QED) is 0.643. The summed E-state index contributed by atoms with van der Waals surface area (Å²) >= 11 is 0. The highest BCUT2D eigenvalue weighted by molar-refractivity contribution is 6.11. The van der Waals surface area contributed by atoms with Gasteiger partial charge >= 0.3 is 0 Å². The molecule has 4 nitrogen and oxygen atoms in total. The second kappa shape index (κ2) is 8.06.